The van der Waals surface area contributed by atoms with Crippen LogP contribution in [0.4, 0.5) is 4.39 Å². The van der Waals surface area contributed by atoms with Crippen molar-refractivity contribution in [2.75, 3.05) is 20.2 Å². The number of hydrogen-bond donors (Lipinski definition) is 1. The normalized spacial score (nSPS) is 15.6. The van der Waals surface area contributed by atoms with Crippen molar-refractivity contribution in [1.82, 2.24) is 4.90 Å². The van der Waals surface area contributed by atoms with Gasteiger partial charge in [0, 0.05) is 25.1 Å². The van der Waals surface area contributed by atoms with Crippen molar-refractivity contribution in [1.29, 1.82) is 0 Å². The molecule has 6 heteroatoms. The Balaban J connectivity index is 1.94. The number of carboxylic acids is 1. The van der Waals surface area contributed by atoms with E-state index in [1.165, 1.54) is 25.3 Å². The molecule has 1 saturated heterocycles. The van der Waals surface area contributed by atoms with Gasteiger partial charge >= 0.3 is 5.97 Å². The van der Waals surface area contributed by atoms with Gasteiger partial charge in [0.05, 0.1) is 13.5 Å². The van der Waals surface area contributed by atoms with Crippen LogP contribution in [-0.2, 0) is 16.0 Å². The first-order valence-electron chi connectivity index (χ1n) is 7.31. The lowest BCUT2D eigenvalue weighted by Gasteiger charge is -2.31. The Labute approximate surface area is 128 Å². The van der Waals surface area contributed by atoms with Gasteiger partial charge in [-0.2, -0.15) is 0 Å². The number of carboxylic acid groups (broad SMARTS) is 1. The third-order valence-electron chi connectivity index (χ3n) is 4.01. The van der Waals surface area contributed by atoms with Gasteiger partial charge in [0.1, 0.15) is 11.6 Å². The van der Waals surface area contributed by atoms with E-state index < -0.39 is 11.8 Å². The molecule has 0 bridgehead atoms. The lowest BCUT2D eigenvalue weighted by Crippen LogP contribution is -2.39. The maximum absolute atomic E-state index is 13.3. The quantitative estimate of drug-likeness (QED) is 0.904. The zero-order valence-electron chi connectivity index (χ0n) is 12.5. The number of carbonyl (C=O) groups is 2. The van der Waals surface area contributed by atoms with Crippen LogP contribution in [0, 0.1) is 11.7 Å². The molecule has 0 spiro atoms. The van der Waals surface area contributed by atoms with E-state index in [-0.39, 0.29) is 24.7 Å². The fourth-order valence-electron chi connectivity index (χ4n) is 2.79. The van der Waals surface area contributed by atoms with E-state index in [1.807, 2.05) is 0 Å². The van der Waals surface area contributed by atoms with E-state index in [2.05, 4.69) is 0 Å². The van der Waals surface area contributed by atoms with Crippen molar-refractivity contribution >= 4 is 11.9 Å². The molecule has 0 saturated carbocycles. The molecule has 0 aromatic heterocycles. The minimum absolute atomic E-state index is 0.0855. The highest BCUT2D eigenvalue weighted by Gasteiger charge is 2.24. The van der Waals surface area contributed by atoms with Crippen LogP contribution in [0.3, 0.4) is 0 Å². The van der Waals surface area contributed by atoms with Crippen molar-refractivity contribution in [3.8, 4) is 5.75 Å². The molecule has 120 valence electrons. The van der Waals surface area contributed by atoms with E-state index in [1.54, 1.807) is 4.90 Å². The van der Waals surface area contributed by atoms with Crippen molar-refractivity contribution in [3.63, 3.8) is 0 Å². The maximum Gasteiger partial charge on any atom is 0.303 e. The molecule has 0 atom stereocenters. The average molecular weight is 309 g/mol. The molecule has 0 radical (unpaired) electrons. The Morgan fingerprint density at radius 2 is 2.05 bits per heavy atom. The van der Waals surface area contributed by atoms with Crippen LogP contribution in [0.1, 0.15) is 24.8 Å². The SMILES string of the molecule is COc1ccc(F)cc1CC(=O)N1CCC(CC(=O)O)CC1. The average Bonchev–Trinajstić information content (AvgIpc) is 2.47. The molecule has 1 aliphatic rings. The van der Waals surface area contributed by atoms with Crippen LogP contribution in [0.15, 0.2) is 18.2 Å². The lowest BCUT2D eigenvalue weighted by atomic mass is 9.93. The molecular formula is C16H20FNO4. The number of benzene rings is 1. The maximum atomic E-state index is 13.3. The summed E-state index contributed by atoms with van der Waals surface area (Å²) in [5.74, 6) is -0.656. The van der Waals surface area contributed by atoms with Crippen LogP contribution in [0.25, 0.3) is 0 Å². The molecule has 2 rings (SSSR count). The summed E-state index contributed by atoms with van der Waals surface area (Å²) in [4.78, 5) is 24.7. The fraction of sp³-hybridized carbons (Fsp3) is 0.500. The zero-order chi connectivity index (χ0) is 16.1. The Hall–Kier alpha value is -2.11. The van der Waals surface area contributed by atoms with Crippen LogP contribution >= 0.6 is 0 Å². The molecule has 1 aromatic carbocycles. The molecule has 1 fully saturated rings. The molecule has 1 heterocycles. The van der Waals surface area contributed by atoms with Gasteiger partial charge in [0.2, 0.25) is 5.91 Å². The number of likely N-dealkylation sites (tertiary alicyclic amines) is 1. The number of amides is 1. The monoisotopic (exact) mass is 309 g/mol. The molecule has 1 amide bonds. The van der Waals surface area contributed by atoms with Gasteiger partial charge < -0.3 is 14.7 Å². The second kappa shape index (κ2) is 7.24. The standard InChI is InChI=1S/C16H20FNO4/c1-22-14-3-2-13(17)9-12(14)10-15(19)18-6-4-11(5-7-18)8-16(20)21/h2-3,9,11H,4-8,10H2,1H3,(H,20,21). The van der Waals surface area contributed by atoms with E-state index >= 15 is 0 Å². The van der Waals surface area contributed by atoms with Gasteiger partial charge in [-0.05, 0) is 37.0 Å². The molecule has 1 aliphatic heterocycles. The van der Waals surface area contributed by atoms with Gasteiger partial charge in [0.25, 0.3) is 0 Å². The summed E-state index contributed by atoms with van der Waals surface area (Å²) in [5.41, 5.74) is 0.528. The van der Waals surface area contributed by atoms with E-state index in [9.17, 15) is 14.0 Å². The Morgan fingerprint density at radius 1 is 1.36 bits per heavy atom. The van der Waals surface area contributed by atoms with Crippen LogP contribution in [0.2, 0.25) is 0 Å². The number of aliphatic carboxylic acids is 1. The van der Waals surface area contributed by atoms with Crippen LogP contribution in [0.5, 0.6) is 5.75 Å². The third-order valence-corrected chi connectivity index (χ3v) is 4.01. The summed E-state index contributed by atoms with van der Waals surface area (Å²) in [6.45, 7) is 1.10. The van der Waals surface area contributed by atoms with Gasteiger partial charge in [-0.1, -0.05) is 0 Å². The molecule has 1 aromatic rings. The van der Waals surface area contributed by atoms with Crippen LogP contribution < -0.4 is 4.74 Å². The van der Waals surface area contributed by atoms with E-state index in [0.717, 1.165) is 0 Å². The van der Waals surface area contributed by atoms with Crippen LogP contribution in [-0.4, -0.2) is 42.1 Å². The number of nitrogens with zero attached hydrogens (tertiary/aromatic N) is 1. The Morgan fingerprint density at radius 3 is 2.64 bits per heavy atom. The smallest absolute Gasteiger partial charge is 0.303 e. The summed E-state index contributed by atoms with van der Waals surface area (Å²) in [6.07, 6.45) is 1.63. The number of halogens is 1. The molecule has 1 N–H and O–H groups in total. The molecule has 0 aliphatic carbocycles. The largest absolute Gasteiger partial charge is 0.496 e. The second-order valence-electron chi connectivity index (χ2n) is 5.55. The van der Waals surface area contributed by atoms with Crippen molar-refractivity contribution in [3.05, 3.63) is 29.6 Å². The van der Waals surface area contributed by atoms with Crippen molar-refractivity contribution < 1.29 is 23.8 Å². The summed E-state index contributed by atoms with van der Waals surface area (Å²) in [6, 6.07) is 4.12. The number of methoxy groups -OCH3 is 1. The Kier molecular flexibility index (Phi) is 5.35. The lowest BCUT2D eigenvalue weighted by molar-refractivity contribution is -0.138. The molecule has 0 unspecified atom stereocenters. The van der Waals surface area contributed by atoms with Gasteiger partial charge in [-0.25, -0.2) is 4.39 Å². The first-order chi connectivity index (χ1) is 10.5. The number of ether oxygens (including phenoxy) is 1. The molecule has 22 heavy (non-hydrogen) atoms. The fourth-order valence-corrected chi connectivity index (χ4v) is 2.79. The summed E-state index contributed by atoms with van der Waals surface area (Å²) >= 11 is 0. The topological polar surface area (TPSA) is 66.8 Å². The highest BCUT2D eigenvalue weighted by atomic mass is 19.1. The second-order valence-corrected chi connectivity index (χ2v) is 5.55. The number of carbonyl (C=O) groups excluding carboxylic acids is 1. The predicted octanol–water partition coefficient (Wildman–Crippen LogP) is 2.09. The first kappa shape index (κ1) is 16.3. The number of piperidine rings is 1. The minimum Gasteiger partial charge on any atom is -0.496 e. The number of hydrogen-bond acceptors (Lipinski definition) is 3. The van der Waals surface area contributed by atoms with E-state index in [0.29, 0.717) is 37.2 Å². The van der Waals surface area contributed by atoms with E-state index in [4.69, 9.17) is 9.84 Å². The summed E-state index contributed by atoms with van der Waals surface area (Å²) in [5, 5.41) is 8.79. The Bertz CT molecular complexity index is 553. The highest BCUT2D eigenvalue weighted by Crippen LogP contribution is 2.23. The zero-order valence-corrected chi connectivity index (χ0v) is 12.5. The third kappa shape index (κ3) is 4.19. The predicted molar refractivity (Wildman–Crippen MR) is 78.2 cm³/mol. The minimum atomic E-state index is -0.797. The van der Waals surface area contributed by atoms with Gasteiger partial charge in [-0.3, -0.25) is 9.59 Å². The molecule has 5 nitrogen and oxygen atoms in total. The summed E-state index contributed by atoms with van der Waals surface area (Å²) < 4.78 is 18.5. The highest BCUT2D eigenvalue weighted by molar-refractivity contribution is 5.79. The number of rotatable bonds is 5. The van der Waals surface area contributed by atoms with Gasteiger partial charge in [0.15, 0.2) is 0 Å². The van der Waals surface area contributed by atoms with Gasteiger partial charge in [-0.15, -0.1) is 0 Å². The molecular weight excluding hydrogens is 289 g/mol. The first-order valence-corrected chi connectivity index (χ1v) is 7.31. The summed E-state index contributed by atoms with van der Waals surface area (Å²) in [7, 11) is 1.48. The van der Waals surface area contributed by atoms with Crippen molar-refractivity contribution in [2.24, 2.45) is 5.92 Å². The van der Waals surface area contributed by atoms with Crippen molar-refractivity contribution in [2.45, 2.75) is 25.7 Å².